The van der Waals surface area contributed by atoms with E-state index in [2.05, 4.69) is 15.7 Å². The van der Waals surface area contributed by atoms with E-state index in [1.165, 1.54) is 10.8 Å². The number of rotatable bonds is 10. The molecule has 0 aromatic carbocycles. The summed E-state index contributed by atoms with van der Waals surface area (Å²) in [5, 5.41) is 8.99. The highest BCUT2D eigenvalue weighted by molar-refractivity contribution is 7.44. The highest BCUT2D eigenvalue weighted by Crippen LogP contribution is 2.56. The summed E-state index contributed by atoms with van der Waals surface area (Å²) in [5.74, 6) is -0.219. The number of nitrogens with zero attached hydrogens (tertiary/aromatic N) is 4. The second kappa shape index (κ2) is 10.3. The number of nitrogens with one attached hydrogen (secondary N) is 1. The molecule has 0 aliphatic carbocycles. The Morgan fingerprint density at radius 2 is 1.94 bits per heavy atom. The van der Waals surface area contributed by atoms with Gasteiger partial charge in [-0.15, -0.1) is 0 Å². The third kappa shape index (κ3) is 4.45. The Morgan fingerprint density at radius 1 is 1.29 bits per heavy atom. The van der Waals surface area contributed by atoms with E-state index >= 15 is 0 Å². The number of likely N-dealkylation sites (tertiary alicyclic amines) is 1. The topological polar surface area (TPSA) is 130 Å². The monoisotopic (exact) mass is 495 g/mol. The molecule has 2 unspecified atom stereocenters. The molecule has 3 heterocycles. The number of H-pyrrole nitrogens is 1. The zero-order chi connectivity index (χ0) is 25.4. The summed E-state index contributed by atoms with van der Waals surface area (Å²) in [6.07, 6.45) is 0.441. The molecule has 1 N–H and O–H groups in total. The first-order valence-electron chi connectivity index (χ1n) is 11.5. The van der Waals surface area contributed by atoms with Gasteiger partial charge in [0, 0.05) is 30.9 Å². The number of ether oxygens (including phenoxy) is 1. The zero-order valence-electron chi connectivity index (χ0n) is 20.8. The molecule has 5 atom stereocenters. The van der Waals surface area contributed by atoms with Crippen LogP contribution in [0.15, 0.2) is 15.8 Å². The number of carbonyl (C=O) groups excluding carboxylic acids is 1. The maximum Gasteiger partial charge on any atom is 0.330 e. The minimum atomic E-state index is -1.64. The lowest BCUT2D eigenvalue weighted by Gasteiger charge is -2.38. The van der Waals surface area contributed by atoms with E-state index in [4.69, 9.17) is 19.0 Å². The Balaban J connectivity index is 2.04. The molecular formula is C22H34N5O6P. The predicted molar refractivity (Wildman–Crippen MR) is 126 cm³/mol. The number of morpholine rings is 1. The lowest BCUT2D eigenvalue weighted by Crippen LogP contribution is -2.50. The molecule has 0 radical (unpaired) electrons. The van der Waals surface area contributed by atoms with Crippen LogP contribution in [0.2, 0.25) is 0 Å². The van der Waals surface area contributed by atoms with Gasteiger partial charge in [-0.1, -0.05) is 6.92 Å². The Morgan fingerprint density at radius 3 is 2.50 bits per heavy atom. The van der Waals surface area contributed by atoms with Crippen molar-refractivity contribution in [1.82, 2.24) is 19.1 Å². The molecule has 2 aliphatic rings. The van der Waals surface area contributed by atoms with Crippen LogP contribution >= 0.6 is 8.53 Å². The molecule has 3 rings (SSSR count). The van der Waals surface area contributed by atoms with Crippen molar-refractivity contribution in [2.24, 2.45) is 0 Å². The Labute approximate surface area is 200 Å². The molecule has 11 nitrogen and oxygen atoms in total. The minimum absolute atomic E-state index is 0.0828. The van der Waals surface area contributed by atoms with Crippen molar-refractivity contribution in [2.45, 2.75) is 90.4 Å². The van der Waals surface area contributed by atoms with Gasteiger partial charge < -0.3 is 18.7 Å². The SMILES string of the molecule is CC[C@]12O[C@@H](n3cc(C)c(=O)[nH]c3=O)[C@H](C1OP(OCCC#N)N(C(C)C)C(C)C)N(C)C2=O. The van der Waals surface area contributed by atoms with Crippen molar-refractivity contribution in [3.05, 3.63) is 32.6 Å². The molecule has 0 spiro atoms. The zero-order valence-corrected chi connectivity index (χ0v) is 21.7. The fraction of sp³-hybridized carbons (Fsp3) is 0.727. The van der Waals surface area contributed by atoms with Crippen LogP contribution in [0.25, 0.3) is 0 Å². The number of likely N-dealkylation sites (N-methyl/N-ethyl adjacent to an activating group) is 1. The molecule has 1 aromatic heterocycles. The summed E-state index contributed by atoms with van der Waals surface area (Å²) in [7, 11) is 0.0246. The quantitative estimate of drug-likeness (QED) is 0.386. The summed E-state index contributed by atoms with van der Waals surface area (Å²) >= 11 is 0. The Bertz CT molecular complexity index is 1060. The van der Waals surface area contributed by atoms with Crippen LogP contribution in [0.1, 0.15) is 59.3 Å². The van der Waals surface area contributed by atoms with E-state index in [1.807, 2.05) is 34.6 Å². The summed E-state index contributed by atoms with van der Waals surface area (Å²) < 4.78 is 22.3. The van der Waals surface area contributed by atoms with Crippen LogP contribution in [0.4, 0.5) is 0 Å². The van der Waals surface area contributed by atoms with Crippen LogP contribution in [-0.2, 0) is 18.6 Å². The fourth-order valence-electron chi connectivity index (χ4n) is 4.75. The number of amides is 1. The average molecular weight is 496 g/mol. The number of aromatic nitrogens is 2. The van der Waals surface area contributed by atoms with E-state index in [-0.39, 0.29) is 31.0 Å². The smallest absolute Gasteiger partial charge is 0.330 e. The second-order valence-corrected chi connectivity index (χ2v) is 10.6. The highest BCUT2D eigenvalue weighted by Gasteiger charge is 2.69. The predicted octanol–water partition coefficient (Wildman–Crippen LogP) is 2.02. The lowest BCUT2D eigenvalue weighted by molar-refractivity contribution is -0.175. The van der Waals surface area contributed by atoms with E-state index in [0.717, 1.165) is 0 Å². The molecule has 2 aliphatic heterocycles. The summed E-state index contributed by atoms with van der Waals surface area (Å²) in [6.45, 7) is 11.8. The average Bonchev–Trinajstić information content (AvgIpc) is 3.18. The van der Waals surface area contributed by atoms with Crippen LogP contribution in [0.5, 0.6) is 0 Å². The first-order valence-corrected chi connectivity index (χ1v) is 12.6. The second-order valence-electron chi connectivity index (χ2n) is 9.21. The number of carbonyl (C=O) groups is 1. The molecular weight excluding hydrogens is 461 g/mol. The maximum atomic E-state index is 13.3. The molecule has 0 saturated carbocycles. The molecule has 2 bridgehead atoms. The number of aromatic amines is 1. The van der Waals surface area contributed by atoms with Crippen LogP contribution in [-0.4, -0.2) is 68.5 Å². The van der Waals surface area contributed by atoms with Gasteiger partial charge in [0.2, 0.25) is 0 Å². The summed E-state index contributed by atoms with van der Waals surface area (Å²) in [6, 6.07) is 1.63. The van der Waals surface area contributed by atoms with Crippen LogP contribution in [0, 0.1) is 18.3 Å². The van der Waals surface area contributed by atoms with Crippen molar-refractivity contribution in [3.8, 4) is 6.07 Å². The van der Waals surface area contributed by atoms with E-state index in [1.54, 1.807) is 18.9 Å². The van der Waals surface area contributed by atoms with Crippen molar-refractivity contribution in [1.29, 1.82) is 5.26 Å². The van der Waals surface area contributed by atoms with Crippen molar-refractivity contribution >= 4 is 14.4 Å². The number of hydrogen-bond acceptors (Lipinski definition) is 8. The molecule has 12 heteroatoms. The minimum Gasteiger partial charge on any atom is -0.336 e. The number of aryl methyl sites for hydroxylation is 1. The number of hydrogen-bond donors (Lipinski definition) is 1. The van der Waals surface area contributed by atoms with Gasteiger partial charge >= 0.3 is 5.69 Å². The van der Waals surface area contributed by atoms with Gasteiger partial charge in [-0.25, -0.2) is 9.46 Å². The van der Waals surface area contributed by atoms with Crippen LogP contribution in [0.3, 0.4) is 0 Å². The molecule has 1 aromatic rings. The van der Waals surface area contributed by atoms with Gasteiger partial charge in [0.25, 0.3) is 20.0 Å². The lowest BCUT2D eigenvalue weighted by atomic mass is 9.96. The molecule has 2 fully saturated rings. The van der Waals surface area contributed by atoms with Crippen molar-refractivity contribution in [2.75, 3.05) is 13.7 Å². The molecule has 34 heavy (non-hydrogen) atoms. The molecule has 2 saturated heterocycles. The highest BCUT2D eigenvalue weighted by atomic mass is 31.2. The van der Waals surface area contributed by atoms with Gasteiger partial charge in [-0.2, -0.15) is 5.26 Å². The third-order valence-corrected chi connectivity index (χ3v) is 8.45. The van der Waals surface area contributed by atoms with Crippen molar-refractivity contribution in [3.63, 3.8) is 0 Å². The summed E-state index contributed by atoms with van der Waals surface area (Å²) in [4.78, 5) is 41.7. The Kier molecular flexibility index (Phi) is 8.00. The standard InChI is InChI=1S/C22H34N5O6P/c1-8-22-17(33-34(31-11-9-10-23)27(13(2)3)14(4)5)16(25(7)20(22)29)19(32-22)26-12-15(6)18(28)24-21(26)30/h12-14,16-17,19H,8-9,11H2,1-7H3,(H,24,28,30)/t16-,17?,19+,22-,34?/m0/s1. The third-order valence-electron chi connectivity index (χ3n) is 6.33. The van der Waals surface area contributed by atoms with Gasteiger partial charge in [-0.05, 0) is 41.0 Å². The van der Waals surface area contributed by atoms with E-state index < -0.39 is 43.7 Å². The summed E-state index contributed by atoms with van der Waals surface area (Å²) in [5.41, 5.74) is -2.02. The van der Waals surface area contributed by atoms with E-state index in [9.17, 15) is 14.4 Å². The van der Waals surface area contributed by atoms with Gasteiger partial charge in [0.1, 0.15) is 12.1 Å². The van der Waals surface area contributed by atoms with Crippen molar-refractivity contribution < 1.29 is 18.6 Å². The fourth-order valence-corrected chi connectivity index (χ4v) is 6.54. The largest absolute Gasteiger partial charge is 0.336 e. The first-order chi connectivity index (χ1) is 16.0. The number of nitriles is 1. The van der Waals surface area contributed by atoms with Gasteiger partial charge in [0.15, 0.2) is 11.8 Å². The number of fused-ring (bicyclic) bond motifs is 2. The Hall–Kier alpha value is -2.09. The molecule has 188 valence electrons. The first kappa shape index (κ1) is 26.5. The van der Waals surface area contributed by atoms with Gasteiger partial charge in [-0.3, -0.25) is 19.1 Å². The van der Waals surface area contributed by atoms with Gasteiger partial charge in [0.05, 0.1) is 19.1 Å². The molecule has 1 amide bonds. The normalized spacial score (nSPS) is 27.3. The van der Waals surface area contributed by atoms with Crippen LogP contribution < -0.4 is 11.2 Å². The maximum absolute atomic E-state index is 13.3. The van der Waals surface area contributed by atoms with E-state index in [0.29, 0.717) is 12.0 Å².